The Kier molecular flexibility index (Phi) is 4.46. The Morgan fingerprint density at radius 2 is 1.93 bits per heavy atom. The van der Waals surface area contributed by atoms with Gasteiger partial charge in [0.15, 0.2) is 5.78 Å². The quantitative estimate of drug-likeness (QED) is 0.503. The summed E-state index contributed by atoms with van der Waals surface area (Å²) in [5.74, 6) is -0.112. The Bertz CT molecular complexity index is 1220. The van der Waals surface area contributed by atoms with E-state index in [1.807, 2.05) is 35.7 Å². The molecule has 0 bridgehead atoms. The highest BCUT2D eigenvalue weighted by Crippen LogP contribution is 2.33. The minimum atomic E-state index is -0.112. The molecule has 0 N–H and O–H groups in total. The third-order valence-electron chi connectivity index (χ3n) is 4.87. The number of rotatable bonds is 4. The summed E-state index contributed by atoms with van der Waals surface area (Å²) in [6.45, 7) is 3.94. The molecule has 5 heteroatoms. The van der Waals surface area contributed by atoms with Crippen molar-refractivity contribution in [3.63, 3.8) is 0 Å². The fourth-order valence-electron chi connectivity index (χ4n) is 3.48. The molecule has 0 atom stereocenters. The van der Waals surface area contributed by atoms with Gasteiger partial charge in [-0.25, -0.2) is 4.52 Å². The van der Waals surface area contributed by atoms with E-state index in [0.717, 1.165) is 28.8 Å². The van der Waals surface area contributed by atoms with Gasteiger partial charge in [0, 0.05) is 29.2 Å². The predicted molar refractivity (Wildman–Crippen MR) is 107 cm³/mol. The average Bonchev–Trinajstić information content (AvgIpc) is 3.15. The molecular weight excluding hydrogens is 348 g/mol. The normalized spacial score (nSPS) is 10.8. The summed E-state index contributed by atoms with van der Waals surface area (Å²) in [4.78, 5) is 17.4. The first-order chi connectivity index (χ1) is 13.6. The molecule has 0 fully saturated rings. The summed E-state index contributed by atoms with van der Waals surface area (Å²) < 4.78 is 1.91. The first kappa shape index (κ1) is 17.6. The van der Waals surface area contributed by atoms with Crippen LogP contribution in [-0.4, -0.2) is 20.4 Å². The van der Waals surface area contributed by atoms with Crippen LogP contribution in [0, 0.1) is 18.3 Å². The van der Waals surface area contributed by atoms with Crippen molar-refractivity contribution in [2.24, 2.45) is 0 Å². The highest BCUT2D eigenvalue weighted by atomic mass is 16.1. The van der Waals surface area contributed by atoms with Crippen LogP contribution in [0.2, 0.25) is 0 Å². The number of nitriles is 1. The van der Waals surface area contributed by atoms with Crippen molar-refractivity contribution in [2.75, 3.05) is 0 Å². The third kappa shape index (κ3) is 2.85. The maximum Gasteiger partial charge on any atom is 0.197 e. The summed E-state index contributed by atoms with van der Waals surface area (Å²) >= 11 is 0. The van der Waals surface area contributed by atoms with E-state index in [-0.39, 0.29) is 5.78 Å². The maximum absolute atomic E-state index is 13.4. The van der Waals surface area contributed by atoms with Gasteiger partial charge in [0.05, 0.1) is 28.4 Å². The van der Waals surface area contributed by atoms with Crippen molar-refractivity contribution in [3.8, 4) is 17.2 Å². The highest BCUT2D eigenvalue weighted by molar-refractivity contribution is 6.15. The van der Waals surface area contributed by atoms with Crippen molar-refractivity contribution in [1.82, 2.24) is 14.6 Å². The molecule has 1 aromatic carbocycles. The van der Waals surface area contributed by atoms with Gasteiger partial charge in [0.1, 0.15) is 0 Å². The SMILES string of the molecule is CCc1ccc2c(-c3ccc(C#N)cc3)c(C(=O)c3cccnc3)c(C)nn12. The summed E-state index contributed by atoms with van der Waals surface area (Å²) in [5, 5.41) is 13.8. The van der Waals surface area contributed by atoms with Gasteiger partial charge >= 0.3 is 0 Å². The number of benzene rings is 1. The molecule has 28 heavy (non-hydrogen) atoms. The van der Waals surface area contributed by atoms with Crippen LogP contribution in [0.5, 0.6) is 0 Å². The van der Waals surface area contributed by atoms with Gasteiger partial charge in [-0.1, -0.05) is 19.1 Å². The molecule has 0 aliphatic rings. The van der Waals surface area contributed by atoms with Crippen LogP contribution in [0.1, 0.15) is 39.8 Å². The number of fused-ring (bicyclic) bond motifs is 1. The zero-order valence-corrected chi connectivity index (χ0v) is 15.7. The van der Waals surface area contributed by atoms with Gasteiger partial charge in [0.2, 0.25) is 0 Å². The van der Waals surface area contributed by atoms with Crippen molar-refractivity contribution in [2.45, 2.75) is 20.3 Å². The predicted octanol–water partition coefficient (Wildman–Crippen LogP) is 4.37. The van der Waals surface area contributed by atoms with E-state index >= 15 is 0 Å². The zero-order valence-electron chi connectivity index (χ0n) is 15.7. The van der Waals surface area contributed by atoms with Crippen LogP contribution < -0.4 is 0 Å². The highest BCUT2D eigenvalue weighted by Gasteiger charge is 2.23. The number of hydrogen-bond donors (Lipinski definition) is 0. The first-order valence-corrected chi connectivity index (χ1v) is 9.10. The number of carbonyl (C=O) groups excluding carboxylic acids is 1. The second-order valence-electron chi connectivity index (χ2n) is 6.57. The molecule has 0 amide bonds. The van der Waals surface area contributed by atoms with Crippen molar-refractivity contribution in [3.05, 3.63) is 89.0 Å². The van der Waals surface area contributed by atoms with Gasteiger partial charge in [-0.05, 0) is 55.3 Å². The largest absolute Gasteiger partial charge is 0.288 e. The summed E-state index contributed by atoms with van der Waals surface area (Å²) in [7, 11) is 0. The number of aromatic nitrogens is 3. The van der Waals surface area contributed by atoms with Crippen LogP contribution in [0.25, 0.3) is 16.6 Å². The fourth-order valence-corrected chi connectivity index (χ4v) is 3.48. The lowest BCUT2D eigenvalue weighted by molar-refractivity contribution is 0.103. The number of nitrogens with zero attached hydrogens (tertiary/aromatic N) is 4. The third-order valence-corrected chi connectivity index (χ3v) is 4.87. The Balaban J connectivity index is 2.04. The second-order valence-corrected chi connectivity index (χ2v) is 6.57. The van der Waals surface area contributed by atoms with Gasteiger partial charge in [0.25, 0.3) is 0 Å². The Morgan fingerprint density at radius 1 is 1.14 bits per heavy atom. The van der Waals surface area contributed by atoms with E-state index in [2.05, 4.69) is 18.0 Å². The van der Waals surface area contributed by atoms with Crippen LogP contribution >= 0.6 is 0 Å². The minimum absolute atomic E-state index is 0.112. The summed E-state index contributed by atoms with van der Waals surface area (Å²) in [5.41, 5.74) is 5.97. The lowest BCUT2D eigenvalue weighted by atomic mass is 9.93. The first-order valence-electron chi connectivity index (χ1n) is 9.10. The van der Waals surface area contributed by atoms with Crippen LogP contribution in [0.3, 0.4) is 0 Å². The standard InChI is InChI=1S/C23H18N4O/c1-3-19-10-11-20-22(17-8-6-16(13-24)7-9-17)21(15(2)26-27(19)20)23(28)18-5-4-12-25-14-18/h4-12,14H,3H2,1-2H3. The fraction of sp³-hybridized carbons (Fsp3) is 0.130. The van der Waals surface area contributed by atoms with Crippen molar-refractivity contribution in [1.29, 1.82) is 5.26 Å². The summed E-state index contributed by atoms with van der Waals surface area (Å²) in [6.07, 6.45) is 4.06. The molecule has 0 spiro atoms. The van der Waals surface area contributed by atoms with E-state index < -0.39 is 0 Å². The average molecular weight is 366 g/mol. The molecule has 4 aromatic rings. The van der Waals surface area contributed by atoms with Gasteiger partial charge in [-0.15, -0.1) is 0 Å². The maximum atomic E-state index is 13.4. The molecule has 136 valence electrons. The van der Waals surface area contributed by atoms with E-state index in [1.165, 1.54) is 0 Å². The Hall–Kier alpha value is -3.78. The second kappa shape index (κ2) is 7.09. The number of ketones is 1. The van der Waals surface area contributed by atoms with Gasteiger partial charge < -0.3 is 0 Å². The van der Waals surface area contributed by atoms with Gasteiger partial charge in [-0.2, -0.15) is 10.4 Å². The molecular formula is C23H18N4O. The molecule has 0 unspecified atom stereocenters. The molecule has 0 aliphatic heterocycles. The summed E-state index contributed by atoms with van der Waals surface area (Å²) in [6, 6.07) is 17.0. The topological polar surface area (TPSA) is 71.0 Å². The molecule has 0 saturated carbocycles. The number of hydrogen-bond acceptors (Lipinski definition) is 4. The Labute approximate surface area is 162 Å². The van der Waals surface area contributed by atoms with Crippen molar-refractivity contribution >= 4 is 11.3 Å². The molecule has 5 nitrogen and oxygen atoms in total. The molecule has 4 rings (SSSR count). The monoisotopic (exact) mass is 366 g/mol. The van der Waals surface area contributed by atoms with E-state index in [0.29, 0.717) is 22.4 Å². The van der Waals surface area contributed by atoms with Crippen LogP contribution in [-0.2, 0) is 6.42 Å². The van der Waals surface area contributed by atoms with E-state index in [1.54, 1.807) is 36.7 Å². The molecule has 3 aromatic heterocycles. The smallest absolute Gasteiger partial charge is 0.197 e. The Morgan fingerprint density at radius 3 is 2.57 bits per heavy atom. The lowest BCUT2D eigenvalue weighted by Crippen LogP contribution is -2.12. The van der Waals surface area contributed by atoms with Crippen LogP contribution in [0.15, 0.2) is 60.9 Å². The minimum Gasteiger partial charge on any atom is -0.288 e. The molecule has 0 saturated heterocycles. The molecule has 0 aliphatic carbocycles. The lowest BCUT2D eigenvalue weighted by Gasteiger charge is -2.15. The molecule has 0 radical (unpaired) electrons. The van der Waals surface area contributed by atoms with E-state index in [9.17, 15) is 4.79 Å². The van der Waals surface area contributed by atoms with Crippen LogP contribution in [0.4, 0.5) is 0 Å². The number of carbonyl (C=O) groups is 1. The number of pyridine rings is 1. The van der Waals surface area contributed by atoms with Crippen molar-refractivity contribution < 1.29 is 4.79 Å². The molecule has 3 heterocycles. The van der Waals surface area contributed by atoms with E-state index in [4.69, 9.17) is 10.4 Å². The number of aryl methyl sites for hydroxylation is 2. The zero-order chi connectivity index (χ0) is 19.7. The van der Waals surface area contributed by atoms with Gasteiger partial charge in [-0.3, -0.25) is 9.78 Å².